The van der Waals surface area contributed by atoms with Crippen LogP contribution in [0.4, 0.5) is 0 Å². The normalized spacial score (nSPS) is 17.3. The Morgan fingerprint density at radius 1 is 1.19 bits per heavy atom. The Morgan fingerprint density at radius 2 is 2.04 bits per heavy atom. The van der Waals surface area contributed by atoms with E-state index < -0.39 is 0 Å². The molecule has 136 valence electrons. The van der Waals surface area contributed by atoms with Crippen molar-refractivity contribution >= 4 is 27.8 Å². The molecule has 0 N–H and O–H groups in total. The first-order chi connectivity index (χ1) is 13.2. The van der Waals surface area contributed by atoms with E-state index in [1.54, 1.807) is 16.8 Å². The van der Waals surface area contributed by atoms with Crippen LogP contribution in [0.3, 0.4) is 0 Å². The van der Waals surface area contributed by atoms with E-state index in [4.69, 9.17) is 4.98 Å². The Kier molecular flexibility index (Phi) is 3.60. The summed E-state index contributed by atoms with van der Waals surface area (Å²) in [5, 5.41) is 0.117. The molecule has 1 saturated carbocycles. The molecule has 0 bridgehead atoms. The van der Waals surface area contributed by atoms with E-state index in [0.29, 0.717) is 16.7 Å². The number of allylic oxidation sites excluding steroid dienone is 4. The van der Waals surface area contributed by atoms with Crippen molar-refractivity contribution in [1.29, 1.82) is 0 Å². The fourth-order valence-electron chi connectivity index (χ4n) is 4.00. The van der Waals surface area contributed by atoms with Gasteiger partial charge in [-0.05, 0) is 43.9 Å². The molecule has 1 fully saturated rings. The molecule has 27 heavy (non-hydrogen) atoms. The second kappa shape index (κ2) is 6.01. The maximum Gasteiger partial charge on any atom is 0.271 e. The van der Waals surface area contributed by atoms with Gasteiger partial charge in [-0.1, -0.05) is 18.6 Å². The largest absolute Gasteiger partial charge is 0.327 e. The standard InChI is InChI=1S/C21H20N4O2/c1-24-15-11-6-12-22-17(15)18(26)16-20(24)23-19(13-7-5-8-13)25(21(16)27)14-9-3-2-4-10-14/h3,6,9-13H,2,4-5,7-8H2,1H3. The minimum atomic E-state index is -0.342. The van der Waals surface area contributed by atoms with E-state index >= 15 is 0 Å². The predicted octanol–water partition coefficient (Wildman–Crippen LogP) is 3.10. The Morgan fingerprint density at radius 3 is 2.74 bits per heavy atom. The van der Waals surface area contributed by atoms with Crippen molar-refractivity contribution in [3.8, 4) is 0 Å². The average Bonchev–Trinajstić information content (AvgIpc) is 2.65. The van der Waals surface area contributed by atoms with Gasteiger partial charge in [-0.25, -0.2) is 4.98 Å². The molecule has 0 aliphatic heterocycles. The van der Waals surface area contributed by atoms with Gasteiger partial charge in [0.05, 0.1) is 5.52 Å². The lowest BCUT2D eigenvalue weighted by Gasteiger charge is -2.28. The van der Waals surface area contributed by atoms with Crippen molar-refractivity contribution in [2.24, 2.45) is 7.05 Å². The van der Waals surface area contributed by atoms with Crippen molar-refractivity contribution in [3.05, 3.63) is 63.0 Å². The van der Waals surface area contributed by atoms with E-state index in [-0.39, 0.29) is 22.3 Å². The number of hydrogen-bond acceptors (Lipinski definition) is 4. The van der Waals surface area contributed by atoms with Crippen LogP contribution in [0.2, 0.25) is 0 Å². The SMILES string of the molecule is Cn1c2cccnc2c(=O)c2c(=O)n(C3=CCCC=C3)c(C3CCC3)nc21. The Bertz CT molecular complexity index is 1260. The molecule has 0 atom stereocenters. The lowest BCUT2D eigenvalue weighted by atomic mass is 9.84. The number of pyridine rings is 2. The molecule has 0 radical (unpaired) electrons. The maximum atomic E-state index is 13.5. The highest BCUT2D eigenvalue weighted by atomic mass is 16.1. The first-order valence-corrected chi connectivity index (χ1v) is 9.44. The predicted molar refractivity (Wildman–Crippen MR) is 106 cm³/mol. The van der Waals surface area contributed by atoms with Gasteiger partial charge in [-0.2, -0.15) is 0 Å². The number of fused-ring (bicyclic) bond motifs is 2. The van der Waals surface area contributed by atoms with Gasteiger partial charge in [-0.3, -0.25) is 19.1 Å². The van der Waals surface area contributed by atoms with Crippen molar-refractivity contribution in [2.45, 2.75) is 38.0 Å². The Balaban J connectivity index is 1.95. The zero-order chi connectivity index (χ0) is 18.5. The van der Waals surface area contributed by atoms with Gasteiger partial charge in [0.15, 0.2) is 5.65 Å². The molecule has 6 heteroatoms. The molecule has 6 nitrogen and oxygen atoms in total. The summed E-state index contributed by atoms with van der Waals surface area (Å²) in [6.07, 6.45) is 12.7. The Hall–Kier alpha value is -3.02. The highest BCUT2D eigenvalue weighted by molar-refractivity contribution is 5.89. The maximum absolute atomic E-state index is 13.5. The highest BCUT2D eigenvalue weighted by Crippen LogP contribution is 2.36. The van der Waals surface area contributed by atoms with E-state index in [1.807, 2.05) is 23.8 Å². The molecular formula is C21H20N4O2. The summed E-state index contributed by atoms with van der Waals surface area (Å²) in [5.41, 5.74) is 1.65. The monoisotopic (exact) mass is 360 g/mol. The van der Waals surface area contributed by atoms with Gasteiger partial charge in [0, 0.05) is 24.9 Å². The third-order valence-electron chi connectivity index (χ3n) is 5.70. The van der Waals surface area contributed by atoms with Crippen LogP contribution in [0.1, 0.15) is 43.8 Å². The van der Waals surface area contributed by atoms with Gasteiger partial charge < -0.3 is 4.57 Å². The molecule has 0 aromatic carbocycles. The topological polar surface area (TPSA) is 69.8 Å². The van der Waals surface area contributed by atoms with Crippen molar-refractivity contribution in [3.63, 3.8) is 0 Å². The van der Waals surface area contributed by atoms with Crippen LogP contribution in [0.5, 0.6) is 0 Å². The van der Waals surface area contributed by atoms with Crippen LogP contribution >= 0.6 is 0 Å². The molecule has 5 rings (SSSR count). The molecule has 3 heterocycles. The molecule has 0 unspecified atom stereocenters. The van der Waals surface area contributed by atoms with E-state index in [2.05, 4.69) is 17.1 Å². The minimum absolute atomic E-state index is 0.117. The van der Waals surface area contributed by atoms with Crippen molar-refractivity contribution in [1.82, 2.24) is 19.1 Å². The summed E-state index contributed by atoms with van der Waals surface area (Å²) >= 11 is 0. The fraction of sp³-hybridized carbons (Fsp3) is 0.333. The molecule has 3 aromatic rings. The molecule has 0 amide bonds. The molecule has 0 spiro atoms. The minimum Gasteiger partial charge on any atom is -0.327 e. The van der Waals surface area contributed by atoms with Crippen LogP contribution in [0.25, 0.3) is 27.8 Å². The zero-order valence-corrected chi connectivity index (χ0v) is 15.2. The summed E-state index contributed by atoms with van der Waals surface area (Å²) in [6.45, 7) is 0. The fourth-order valence-corrected chi connectivity index (χ4v) is 4.00. The highest BCUT2D eigenvalue weighted by Gasteiger charge is 2.28. The van der Waals surface area contributed by atoms with Gasteiger partial charge >= 0.3 is 0 Å². The van der Waals surface area contributed by atoms with Crippen molar-refractivity contribution in [2.75, 3.05) is 0 Å². The third-order valence-corrected chi connectivity index (χ3v) is 5.70. The van der Waals surface area contributed by atoms with Crippen LogP contribution < -0.4 is 11.0 Å². The van der Waals surface area contributed by atoms with Crippen molar-refractivity contribution < 1.29 is 0 Å². The molecular weight excluding hydrogens is 340 g/mol. The Labute approximate surface area is 155 Å². The van der Waals surface area contributed by atoms with E-state index in [1.165, 1.54) is 0 Å². The number of aryl methyl sites for hydroxylation is 1. The van der Waals surface area contributed by atoms with E-state index in [0.717, 1.165) is 43.6 Å². The second-order valence-corrected chi connectivity index (χ2v) is 7.30. The first-order valence-electron chi connectivity index (χ1n) is 9.44. The summed E-state index contributed by atoms with van der Waals surface area (Å²) in [7, 11) is 1.84. The van der Waals surface area contributed by atoms with Gasteiger partial charge in [-0.15, -0.1) is 0 Å². The first kappa shape index (κ1) is 16.2. The van der Waals surface area contributed by atoms with Gasteiger partial charge in [0.2, 0.25) is 5.43 Å². The van der Waals surface area contributed by atoms with Crippen LogP contribution in [-0.2, 0) is 7.05 Å². The molecule has 3 aromatic heterocycles. The van der Waals surface area contributed by atoms with E-state index in [9.17, 15) is 9.59 Å². The average molecular weight is 360 g/mol. The quantitative estimate of drug-likeness (QED) is 0.659. The number of rotatable bonds is 2. The van der Waals surface area contributed by atoms with Crippen LogP contribution in [-0.4, -0.2) is 19.1 Å². The lowest BCUT2D eigenvalue weighted by Crippen LogP contribution is -2.32. The van der Waals surface area contributed by atoms with Gasteiger partial charge in [0.1, 0.15) is 16.7 Å². The summed E-state index contributed by atoms with van der Waals surface area (Å²) in [6, 6.07) is 3.63. The molecule has 2 aliphatic carbocycles. The van der Waals surface area contributed by atoms with Crippen LogP contribution in [0.15, 0.2) is 46.1 Å². The van der Waals surface area contributed by atoms with Crippen LogP contribution in [0, 0.1) is 0 Å². The lowest BCUT2D eigenvalue weighted by molar-refractivity contribution is 0.395. The summed E-state index contributed by atoms with van der Waals surface area (Å²) in [5.74, 6) is 1.04. The molecule has 2 aliphatic rings. The zero-order valence-electron chi connectivity index (χ0n) is 15.2. The smallest absolute Gasteiger partial charge is 0.271 e. The summed E-state index contributed by atoms with van der Waals surface area (Å²) in [4.78, 5) is 35.7. The van der Waals surface area contributed by atoms with Gasteiger partial charge in [0.25, 0.3) is 5.56 Å². The number of aromatic nitrogens is 4. The third kappa shape index (κ3) is 2.32. The molecule has 0 saturated heterocycles. The summed E-state index contributed by atoms with van der Waals surface area (Å²) < 4.78 is 3.48. The number of nitrogens with zero attached hydrogens (tertiary/aromatic N) is 4. The second-order valence-electron chi connectivity index (χ2n) is 7.30. The number of hydrogen-bond donors (Lipinski definition) is 0.